The van der Waals surface area contributed by atoms with E-state index in [1.54, 1.807) is 6.33 Å². The Bertz CT molecular complexity index is 417. The fourth-order valence-electron chi connectivity index (χ4n) is 2.36. The van der Waals surface area contributed by atoms with Crippen molar-refractivity contribution in [2.45, 2.75) is 26.3 Å². The average molecular weight is 238 g/mol. The smallest absolute Gasteiger partial charge is 0.310 e. The molecule has 1 unspecified atom stereocenters. The van der Waals surface area contributed by atoms with E-state index in [9.17, 15) is 9.90 Å². The first kappa shape index (κ1) is 12.0. The van der Waals surface area contributed by atoms with Crippen LogP contribution in [0.15, 0.2) is 6.33 Å². The second kappa shape index (κ2) is 4.44. The van der Waals surface area contributed by atoms with E-state index in [0.29, 0.717) is 19.5 Å². The maximum Gasteiger partial charge on any atom is 0.310 e. The summed E-state index contributed by atoms with van der Waals surface area (Å²) in [5.41, 5.74) is -0.571. The fourth-order valence-corrected chi connectivity index (χ4v) is 2.36. The van der Waals surface area contributed by atoms with Gasteiger partial charge < -0.3 is 9.67 Å². The molecule has 1 N–H and O–H groups in total. The number of aliphatic carboxylic acids is 1. The molecule has 0 amide bonds. The summed E-state index contributed by atoms with van der Waals surface area (Å²) in [4.78, 5) is 13.5. The van der Waals surface area contributed by atoms with Crippen LogP contribution in [0.2, 0.25) is 0 Å². The highest BCUT2D eigenvalue weighted by molar-refractivity contribution is 5.75. The zero-order chi connectivity index (χ0) is 12.5. The Morgan fingerprint density at radius 2 is 2.41 bits per heavy atom. The van der Waals surface area contributed by atoms with Crippen molar-refractivity contribution in [2.75, 3.05) is 13.1 Å². The van der Waals surface area contributed by atoms with Gasteiger partial charge in [0.2, 0.25) is 0 Å². The average Bonchev–Trinajstić information content (AvgIpc) is 2.88. The minimum Gasteiger partial charge on any atom is -0.481 e. The third kappa shape index (κ3) is 2.17. The molecule has 1 atom stereocenters. The van der Waals surface area contributed by atoms with Crippen molar-refractivity contribution >= 4 is 5.97 Å². The van der Waals surface area contributed by atoms with E-state index >= 15 is 0 Å². The van der Waals surface area contributed by atoms with Crippen LogP contribution in [0.3, 0.4) is 0 Å². The summed E-state index contributed by atoms with van der Waals surface area (Å²) in [6.45, 7) is 4.03. The summed E-state index contributed by atoms with van der Waals surface area (Å²) in [6, 6.07) is 0. The van der Waals surface area contributed by atoms with Gasteiger partial charge >= 0.3 is 5.97 Å². The lowest BCUT2D eigenvalue weighted by Crippen LogP contribution is -2.34. The Kier molecular flexibility index (Phi) is 3.15. The van der Waals surface area contributed by atoms with E-state index in [1.807, 2.05) is 18.5 Å². The van der Waals surface area contributed by atoms with Gasteiger partial charge in [-0.15, -0.1) is 10.2 Å². The highest BCUT2D eigenvalue weighted by Crippen LogP contribution is 2.34. The number of aryl methyl sites for hydroxylation is 1. The maximum absolute atomic E-state index is 11.3. The molecule has 2 heterocycles. The van der Waals surface area contributed by atoms with E-state index in [-0.39, 0.29) is 0 Å². The largest absolute Gasteiger partial charge is 0.481 e. The number of likely N-dealkylation sites (tertiary alicyclic amines) is 1. The summed E-state index contributed by atoms with van der Waals surface area (Å²) in [6.07, 6.45) is 3.06. The van der Waals surface area contributed by atoms with Crippen molar-refractivity contribution in [2.24, 2.45) is 12.5 Å². The fraction of sp³-hybridized carbons (Fsp3) is 0.727. The Hall–Kier alpha value is -1.43. The number of carbonyl (C=O) groups is 1. The Morgan fingerprint density at radius 1 is 1.65 bits per heavy atom. The van der Waals surface area contributed by atoms with Crippen LogP contribution in [0.25, 0.3) is 0 Å². The van der Waals surface area contributed by atoms with Gasteiger partial charge in [-0.2, -0.15) is 0 Å². The number of carboxylic acids is 1. The van der Waals surface area contributed by atoms with E-state index in [2.05, 4.69) is 15.1 Å². The number of hydrogen-bond acceptors (Lipinski definition) is 4. The number of carboxylic acid groups (broad SMARTS) is 1. The van der Waals surface area contributed by atoms with Crippen molar-refractivity contribution in [1.82, 2.24) is 19.7 Å². The molecule has 0 aromatic carbocycles. The topological polar surface area (TPSA) is 71.2 Å². The van der Waals surface area contributed by atoms with Gasteiger partial charge in [-0.3, -0.25) is 9.69 Å². The quantitative estimate of drug-likeness (QED) is 0.827. The van der Waals surface area contributed by atoms with Crippen molar-refractivity contribution in [3.05, 3.63) is 12.2 Å². The van der Waals surface area contributed by atoms with Crippen LogP contribution < -0.4 is 0 Å². The molecular formula is C11H18N4O2. The highest BCUT2D eigenvalue weighted by atomic mass is 16.4. The predicted octanol–water partition coefficient (Wildman–Crippen LogP) is 0.502. The molecule has 94 valence electrons. The molecule has 1 aliphatic heterocycles. The summed E-state index contributed by atoms with van der Waals surface area (Å²) >= 11 is 0. The molecule has 1 fully saturated rings. The van der Waals surface area contributed by atoms with Crippen LogP contribution in [0.1, 0.15) is 25.6 Å². The van der Waals surface area contributed by atoms with Gasteiger partial charge in [-0.25, -0.2) is 0 Å². The van der Waals surface area contributed by atoms with Crippen LogP contribution in [-0.2, 0) is 18.4 Å². The van der Waals surface area contributed by atoms with Gasteiger partial charge in [0, 0.05) is 13.6 Å². The maximum atomic E-state index is 11.3. The molecule has 6 heteroatoms. The van der Waals surface area contributed by atoms with Crippen molar-refractivity contribution in [3.63, 3.8) is 0 Å². The van der Waals surface area contributed by atoms with E-state index in [1.165, 1.54) is 0 Å². The molecule has 0 saturated carbocycles. The Balaban J connectivity index is 2.03. The van der Waals surface area contributed by atoms with Gasteiger partial charge in [0.05, 0.1) is 12.0 Å². The highest BCUT2D eigenvalue weighted by Gasteiger charge is 2.43. The van der Waals surface area contributed by atoms with Crippen LogP contribution in [0.5, 0.6) is 0 Å². The van der Waals surface area contributed by atoms with Crippen molar-refractivity contribution in [3.8, 4) is 0 Å². The minimum absolute atomic E-state index is 0.571. The molecule has 1 aromatic rings. The zero-order valence-electron chi connectivity index (χ0n) is 10.3. The lowest BCUT2D eigenvalue weighted by Gasteiger charge is -2.22. The van der Waals surface area contributed by atoms with Crippen molar-refractivity contribution < 1.29 is 9.90 Å². The number of hydrogen-bond donors (Lipinski definition) is 1. The molecular weight excluding hydrogens is 220 g/mol. The molecule has 1 aliphatic rings. The van der Waals surface area contributed by atoms with E-state index in [0.717, 1.165) is 18.8 Å². The Morgan fingerprint density at radius 3 is 2.88 bits per heavy atom. The third-order valence-electron chi connectivity index (χ3n) is 3.73. The summed E-state index contributed by atoms with van der Waals surface area (Å²) in [7, 11) is 1.90. The van der Waals surface area contributed by atoms with Crippen LogP contribution in [-0.4, -0.2) is 43.8 Å². The predicted molar refractivity (Wildman–Crippen MR) is 61.3 cm³/mol. The van der Waals surface area contributed by atoms with Crippen LogP contribution in [0.4, 0.5) is 0 Å². The van der Waals surface area contributed by atoms with Gasteiger partial charge in [-0.05, 0) is 19.4 Å². The van der Waals surface area contributed by atoms with E-state index < -0.39 is 11.4 Å². The second-order valence-electron chi connectivity index (χ2n) is 4.76. The third-order valence-corrected chi connectivity index (χ3v) is 3.73. The number of aromatic nitrogens is 3. The molecule has 6 nitrogen and oxygen atoms in total. The lowest BCUT2D eigenvalue weighted by molar-refractivity contribution is -0.148. The standard InChI is InChI=1S/C11H18N4O2/c1-3-11(10(16)17)4-5-15(7-11)6-9-13-12-8-14(9)2/h8H,3-7H2,1-2H3,(H,16,17). The first-order chi connectivity index (χ1) is 8.07. The Labute approximate surface area is 100 Å². The molecule has 1 saturated heterocycles. The van der Waals surface area contributed by atoms with Crippen LogP contribution >= 0.6 is 0 Å². The van der Waals surface area contributed by atoms with Gasteiger partial charge in [0.15, 0.2) is 0 Å². The van der Waals surface area contributed by atoms with Gasteiger partial charge in [0.1, 0.15) is 12.2 Å². The molecule has 0 bridgehead atoms. The SMILES string of the molecule is CCC1(C(=O)O)CCN(Cc2nncn2C)C1. The van der Waals surface area contributed by atoms with Gasteiger partial charge in [-0.1, -0.05) is 6.92 Å². The minimum atomic E-state index is -0.680. The number of rotatable bonds is 4. The summed E-state index contributed by atoms with van der Waals surface area (Å²) in [5.74, 6) is 0.197. The normalized spacial score (nSPS) is 25.3. The zero-order valence-corrected chi connectivity index (χ0v) is 10.3. The first-order valence-corrected chi connectivity index (χ1v) is 5.86. The molecule has 0 spiro atoms. The van der Waals surface area contributed by atoms with E-state index in [4.69, 9.17) is 0 Å². The molecule has 17 heavy (non-hydrogen) atoms. The molecule has 0 radical (unpaired) electrons. The van der Waals surface area contributed by atoms with Crippen LogP contribution in [0, 0.1) is 5.41 Å². The number of nitrogens with zero attached hydrogens (tertiary/aromatic N) is 4. The summed E-state index contributed by atoms with van der Waals surface area (Å²) in [5, 5.41) is 17.1. The summed E-state index contributed by atoms with van der Waals surface area (Å²) < 4.78 is 1.87. The van der Waals surface area contributed by atoms with Gasteiger partial charge in [0.25, 0.3) is 0 Å². The first-order valence-electron chi connectivity index (χ1n) is 5.86. The monoisotopic (exact) mass is 238 g/mol. The second-order valence-corrected chi connectivity index (χ2v) is 4.76. The molecule has 1 aromatic heterocycles. The lowest BCUT2D eigenvalue weighted by atomic mass is 9.84. The van der Waals surface area contributed by atoms with Crippen molar-refractivity contribution in [1.29, 1.82) is 0 Å². The molecule has 2 rings (SSSR count). The molecule has 0 aliphatic carbocycles.